The Kier molecular flexibility index (Phi) is 2.58. The third-order valence-corrected chi connectivity index (χ3v) is 3.77. The van der Waals surface area contributed by atoms with E-state index in [-0.39, 0.29) is 17.5 Å². The SMILES string of the molecule is C=C(O)C1(C(C)=O)CCC1c1ccccc1. The van der Waals surface area contributed by atoms with E-state index < -0.39 is 5.41 Å². The number of hydrogen-bond donors (Lipinski definition) is 1. The van der Waals surface area contributed by atoms with E-state index in [1.165, 1.54) is 6.92 Å². The van der Waals surface area contributed by atoms with Gasteiger partial charge in [-0.05, 0) is 25.3 Å². The molecule has 2 nitrogen and oxygen atoms in total. The molecular formula is C14H16O2. The topological polar surface area (TPSA) is 37.3 Å². The van der Waals surface area contributed by atoms with E-state index in [0.717, 1.165) is 12.0 Å². The summed E-state index contributed by atoms with van der Waals surface area (Å²) >= 11 is 0. The van der Waals surface area contributed by atoms with Crippen LogP contribution in [0.4, 0.5) is 0 Å². The highest BCUT2D eigenvalue weighted by molar-refractivity contribution is 5.87. The summed E-state index contributed by atoms with van der Waals surface area (Å²) in [6.07, 6.45) is 1.64. The van der Waals surface area contributed by atoms with Crippen molar-refractivity contribution in [3.63, 3.8) is 0 Å². The zero-order valence-corrected chi connectivity index (χ0v) is 9.44. The van der Waals surface area contributed by atoms with Crippen LogP contribution in [0.15, 0.2) is 42.7 Å². The molecule has 0 aromatic heterocycles. The minimum Gasteiger partial charge on any atom is -0.512 e. The van der Waals surface area contributed by atoms with E-state index in [4.69, 9.17) is 0 Å². The third kappa shape index (κ3) is 1.37. The Morgan fingerprint density at radius 1 is 1.44 bits per heavy atom. The Bertz CT molecular complexity index is 406. The van der Waals surface area contributed by atoms with Crippen molar-refractivity contribution >= 4 is 5.78 Å². The van der Waals surface area contributed by atoms with Gasteiger partial charge in [-0.3, -0.25) is 4.79 Å². The molecule has 2 atom stereocenters. The molecule has 0 heterocycles. The van der Waals surface area contributed by atoms with Crippen molar-refractivity contribution < 1.29 is 9.90 Å². The normalized spacial score (nSPS) is 28.2. The van der Waals surface area contributed by atoms with E-state index in [1.807, 2.05) is 30.3 Å². The summed E-state index contributed by atoms with van der Waals surface area (Å²) in [5.74, 6) is 0.115. The molecule has 0 spiro atoms. The van der Waals surface area contributed by atoms with Gasteiger partial charge < -0.3 is 5.11 Å². The fourth-order valence-electron chi connectivity index (χ4n) is 2.68. The molecule has 16 heavy (non-hydrogen) atoms. The molecule has 1 N–H and O–H groups in total. The summed E-state index contributed by atoms with van der Waals surface area (Å²) in [5.41, 5.74) is 0.376. The molecule has 0 bridgehead atoms. The van der Waals surface area contributed by atoms with Crippen LogP contribution in [0.2, 0.25) is 0 Å². The number of rotatable bonds is 3. The Balaban J connectivity index is 2.38. The van der Waals surface area contributed by atoms with Crippen LogP contribution in [-0.2, 0) is 4.79 Å². The summed E-state index contributed by atoms with van der Waals surface area (Å²) < 4.78 is 0. The average molecular weight is 216 g/mol. The molecule has 0 aliphatic heterocycles. The molecule has 0 saturated heterocycles. The van der Waals surface area contributed by atoms with Crippen molar-refractivity contribution in [1.82, 2.24) is 0 Å². The average Bonchev–Trinajstić information content (AvgIpc) is 2.16. The minimum atomic E-state index is -0.735. The maximum absolute atomic E-state index is 11.8. The Morgan fingerprint density at radius 3 is 2.44 bits per heavy atom. The summed E-state index contributed by atoms with van der Waals surface area (Å²) in [5, 5.41) is 9.71. The van der Waals surface area contributed by atoms with E-state index in [2.05, 4.69) is 6.58 Å². The van der Waals surface area contributed by atoms with E-state index in [1.54, 1.807) is 0 Å². The van der Waals surface area contributed by atoms with Gasteiger partial charge in [0.25, 0.3) is 0 Å². The van der Waals surface area contributed by atoms with Gasteiger partial charge in [-0.1, -0.05) is 36.9 Å². The lowest BCUT2D eigenvalue weighted by Crippen LogP contribution is -2.45. The lowest BCUT2D eigenvalue weighted by Gasteiger charge is -2.47. The van der Waals surface area contributed by atoms with Gasteiger partial charge in [0.05, 0.1) is 11.2 Å². The smallest absolute Gasteiger partial charge is 0.144 e. The summed E-state index contributed by atoms with van der Waals surface area (Å²) in [7, 11) is 0. The Labute approximate surface area is 95.6 Å². The quantitative estimate of drug-likeness (QED) is 0.788. The number of benzene rings is 1. The lowest BCUT2D eigenvalue weighted by atomic mass is 9.55. The molecule has 1 aromatic rings. The monoisotopic (exact) mass is 216 g/mol. The molecule has 2 unspecified atom stereocenters. The van der Waals surface area contributed by atoms with Gasteiger partial charge in [-0.2, -0.15) is 0 Å². The first-order chi connectivity index (χ1) is 7.59. The largest absolute Gasteiger partial charge is 0.512 e. The number of carbonyl (C=O) groups is 1. The maximum atomic E-state index is 11.8. The molecule has 1 aliphatic carbocycles. The van der Waals surface area contributed by atoms with Gasteiger partial charge in [0.2, 0.25) is 0 Å². The van der Waals surface area contributed by atoms with Crippen LogP contribution in [-0.4, -0.2) is 10.9 Å². The minimum absolute atomic E-state index is 0.0140. The number of carbonyl (C=O) groups excluding carboxylic acids is 1. The van der Waals surface area contributed by atoms with Crippen molar-refractivity contribution in [2.45, 2.75) is 25.7 Å². The molecule has 1 saturated carbocycles. The number of ketones is 1. The van der Waals surface area contributed by atoms with Crippen LogP contribution in [0.25, 0.3) is 0 Å². The molecule has 84 valence electrons. The van der Waals surface area contributed by atoms with E-state index >= 15 is 0 Å². The highest BCUT2D eigenvalue weighted by Crippen LogP contribution is 2.56. The maximum Gasteiger partial charge on any atom is 0.144 e. The predicted molar refractivity (Wildman–Crippen MR) is 63.3 cm³/mol. The van der Waals surface area contributed by atoms with Crippen molar-refractivity contribution in [1.29, 1.82) is 0 Å². The van der Waals surface area contributed by atoms with Gasteiger partial charge in [0.15, 0.2) is 0 Å². The lowest BCUT2D eigenvalue weighted by molar-refractivity contribution is -0.132. The Morgan fingerprint density at radius 2 is 2.06 bits per heavy atom. The van der Waals surface area contributed by atoms with Crippen LogP contribution in [0.5, 0.6) is 0 Å². The van der Waals surface area contributed by atoms with Crippen LogP contribution in [0.3, 0.4) is 0 Å². The fourth-order valence-corrected chi connectivity index (χ4v) is 2.68. The molecule has 2 rings (SSSR count). The molecule has 0 amide bonds. The molecule has 2 heteroatoms. The fraction of sp³-hybridized carbons (Fsp3) is 0.357. The van der Waals surface area contributed by atoms with Crippen LogP contribution in [0, 0.1) is 5.41 Å². The number of aliphatic hydroxyl groups is 1. The van der Waals surface area contributed by atoms with Gasteiger partial charge in [-0.15, -0.1) is 0 Å². The first-order valence-electron chi connectivity index (χ1n) is 5.53. The number of Topliss-reactive ketones (excluding diaryl/α,β-unsaturated/α-hetero) is 1. The molecule has 1 fully saturated rings. The highest BCUT2D eigenvalue weighted by atomic mass is 16.3. The molecule has 0 radical (unpaired) electrons. The van der Waals surface area contributed by atoms with Crippen molar-refractivity contribution in [2.24, 2.45) is 5.41 Å². The predicted octanol–water partition coefficient (Wildman–Crippen LogP) is 3.21. The number of hydrogen-bond acceptors (Lipinski definition) is 2. The van der Waals surface area contributed by atoms with Crippen molar-refractivity contribution in [3.8, 4) is 0 Å². The first-order valence-corrected chi connectivity index (χ1v) is 5.53. The number of aliphatic hydroxyl groups excluding tert-OH is 1. The van der Waals surface area contributed by atoms with Gasteiger partial charge in [0, 0.05) is 5.92 Å². The van der Waals surface area contributed by atoms with Gasteiger partial charge >= 0.3 is 0 Å². The molecule has 1 aliphatic rings. The Hall–Kier alpha value is -1.57. The van der Waals surface area contributed by atoms with Crippen LogP contribution >= 0.6 is 0 Å². The zero-order chi connectivity index (χ0) is 11.8. The second kappa shape index (κ2) is 3.78. The summed E-state index contributed by atoms with van der Waals surface area (Å²) in [6.45, 7) is 5.12. The standard InChI is InChI=1S/C14H16O2/c1-10(15)14(11(2)16)9-8-13(14)12-6-4-3-5-7-12/h3-7,13,15H,1,8-9H2,2H3. The highest BCUT2D eigenvalue weighted by Gasteiger charge is 2.53. The van der Waals surface area contributed by atoms with E-state index in [0.29, 0.717) is 6.42 Å². The zero-order valence-electron chi connectivity index (χ0n) is 9.44. The summed E-state index contributed by atoms with van der Waals surface area (Å²) in [6, 6.07) is 9.87. The second-order valence-electron chi connectivity index (χ2n) is 4.48. The third-order valence-electron chi connectivity index (χ3n) is 3.77. The van der Waals surface area contributed by atoms with E-state index in [9.17, 15) is 9.90 Å². The van der Waals surface area contributed by atoms with Gasteiger partial charge in [0.1, 0.15) is 5.78 Å². The second-order valence-corrected chi connectivity index (χ2v) is 4.48. The van der Waals surface area contributed by atoms with Crippen LogP contribution < -0.4 is 0 Å². The van der Waals surface area contributed by atoms with Crippen molar-refractivity contribution in [2.75, 3.05) is 0 Å². The van der Waals surface area contributed by atoms with Crippen molar-refractivity contribution in [3.05, 3.63) is 48.2 Å². The first kappa shape index (κ1) is 10.9. The van der Waals surface area contributed by atoms with Gasteiger partial charge in [-0.25, -0.2) is 0 Å². The number of allylic oxidation sites excluding steroid dienone is 1. The summed E-state index contributed by atoms with van der Waals surface area (Å²) in [4.78, 5) is 11.8. The molecule has 1 aromatic carbocycles. The molecular weight excluding hydrogens is 200 g/mol. The van der Waals surface area contributed by atoms with Crippen LogP contribution in [0.1, 0.15) is 31.2 Å².